The minimum atomic E-state index is -1.40. The van der Waals surface area contributed by atoms with Gasteiger partial charge in [-0.2, -0.15) is 4.40 Å². The normalized spacial score (nSPS) is 14.5. The summed E-state index contributed by atoms with van der Waals surface area (Å²) < 4.78 is 15.7. The van der Waals surface area contributed by atoms with Crippen molar-refractivity contribution < 1.29 is 4.21 Å². The van der Waals surface area contributed by atoms with Crippen molar-refractivity contribution in [2.24, 2.45) is 4.40 Å². The molecule has 6 heteroatoms. The Kier molecular flexibility index (Phi) is 3.85. The second-order valence-electron chi connectivity index (χ2n) is 5.49. The molecule has 1 N–H and O–H groups in total. The number of hydrogen-bond acceptors (Lipinski definition) is 3. The lowest BCUT2D eigenvalue weighted by Crippen LogP contribution is -2.22. The predicted molar refractivity (Wildman–Crippen MR) is 82.5 cm³/mol. The van der Waals surface area contributed by atoms with E-state index in [1.54, 1.807) is 31.3 Å². The second-order valence-corrected chi connectivity index (χ2v) is 7.39. The van der Waals surface area contributed by atoms with Crippen molar-refractivity contribution in [3.05, 3.63) is 40.3 Å². The molecule has 2 rings (SSSR count). The molecule has 0 unspecified atom stereocenters. The highest BCUT2D eigenvalue weighted by Crippen LogP contribution is 2.14. The highest BCUT2D eigenvalue weighted by Gasteiger charge is 2.19. The Morgan fingerprint density at radius 2 is 2.10 bits per heavy atom. The largest absolute Gasteiger partial charge is 0.320 e. The van der Waals surface area contributed by atoms with Crippen LogP contribution in [0.4, 0.5) is 0 Å². The third-order valence-corrected chi connectivity index (χ3v) is 4.23. The number of hydrogen-bond donors (Lipinski definition) is 1. The zero-order valence-electron chi connectivity index (χ0n) is 11.9. The first-order valence-electron chi connectivity index (χ1n) is 6.25. The molecule has 0 saturated heterocycles. The van der Waals surface area contributed by atoms with Crippen LogP contribution in [0.1, 0.15) is 33.3 Å². The van der Waals surface area contributed by atoms with Gasteiger partial charge in [-0.15, -0.1) is 0 Å². The Bertz CT molecular complexity index is 757. The standard InChI is InChI=1S/C14H17N3O2S/c1-9(17-20(19)14(2,3)4)10-8-12-11(16-13(10)18)6-5-7-15-12/h5-8H,1-4H3,(H,16,18)/b17-9+/t20-/m1/s1. The molecule has 2 heterocycles. The van der Waals surface area contributed by atoms with Crippen LogP contribution in [0.2, 0.25) is 0 Å². The number of fused-ring (bicyclic) bond motifs is 1. The SMILES string of the molecule is C/C(=N\[S@](=O)C(C)(C)C)c1cc2ncccc2[nH]c1=O. The third kappa shape index (κ3) is 3.01. The monoisotopic (exact) mass is 291 g/mol. The fourth-order valence-electron chi connectivity index (χ4n) is 1.61. The van der Waals surface area contributed by atoms with Crippen LogP contribution in [0.5, 0.6) is 0 Å². The minimum Gasteiger partial charge on any atom is -0.320 e. The van der Waals surface area contributed by atoms with E-state index >= 15 is 0 Å². The van der Waals surface area contributed by atoms with Crippen molar-refractivity contribution in [2.75, 3.05) is 0 Å². The number of nitrogens with one attached hydrogen (secondary N) is 1. The summed E-state index contributed by atoms with van der Waals surface area (Å²) >= 11 is 0. The lowest BCUT2D eigenvalue weighted by molar-refractivity contribution is 0.650. The molecule has 0 spiro atoms. The third-order valence-electron chi connectivity index (χ3n) is 2.75. The van der Waals surface area contributed by atoms with Gasteiger partial charge in [0.25, 0.3) is 5.56 Å². The summed E-state index contributed by atoms with van der Waals surface area (Å²) in [5.74, 6) is 0. The van der Waals surface area contributed by atoms with E-state index in [2.05, 4.69) is 14.4 Å². The van der Waals surface area contributed by atoms with Gasteiger partial charge >= 0.3 is 0 Å². The van der Waals surface area contributed by atoms with Crippen LogP contribution >= 0.6 is 0 Å². The van der Waals surface area contributed by atoms with Crippen molar-refractivity contribution in [1.29, 1.82) is 0 Å². The first-order valence-corrected chi connectivity index (χ1v) is 7.35. The van der Waals surface area contributed by atoms with E-state index in [9.17, 15) is 9.00 Å². The van der Waals surface area contributed by atoms with E-state index in [0.29, 0.717) is 22.3 Å². The van der Waals surface area contributed by atoms with Crippen LogP contribution in [0, 0.1) is 0 Å². The molecule has 20 heavy (non-hydrogen) atoms. The van der Waals surface area contributed by atoms with Crippen molar-refractivity contribution in [3.8, 4) is 0 Å². The fraction of sp³-hybridized carbons (Fsp3) is 0.357. The van der Waals surface area contributed by atoms with E-state index in [-0.39, 0.29) is 5.56 Å². The van der Waals surface area contributed by atoms with Gasteiger partial charge in [-0.1, -0.05) is 0 Å². The maximum atomic E-state index is 12.0. The molecular formula is C14H17N3O2S. The summed E-state index contributed by atoms with van der Waals surface area (Å²) in [6.45, 7) is 7.20. The number of rotatable bonds is 2. The van der Waals surface area contributed by atoms with Crippen LogP contribution < -0.4 is 5.56 Å². The molecular weight excluding hydrogens is 274 g/mol. The second kappa shape index (κ2) is 5.28. The van der Waals surface area contributed by atoms with Gasteiger partial charge in [0.15, 0.2) is 0 Å². The van der Waals surface area contributed by atoms with Crippen molar-refractivity contribution in [3.63, 3.8) is 0 Å². The van der Waals surface area contributed by atoms with Crippen LogP contribution in [-0.4, -0.2) is 24.6 Å². The first-order chi connectivity index (χ1) is 9.29. The summed E-state index contributed by atoms with van der Waals surface area (Å²) in [6, 6.07) is 5.22. The first kappa shape index (κ1) is 14.6. The van der Waals surface area contributed by atoms with Crippen LogP contribution in [0.25, 0.3) is 11.0 Å². The number of aromatic nitrogens is 2. The number of pyridine rings is 2. The van der Waals surface area contributed by atoms with Gasteiger partial charge in [-0.25, -0.2) is 4.21 Å². The van der Waals surface area contributed by atoms with E-state index in [4.69, 9.17) is 0 Å². The van der Waals surface area contributed by atoms with Gasteiger partial charge in [0.1, 0.15) is 11.0 Å². The Balaban J connectivity index is 2.53. The molecule has 0 aliphatic heterocycles. The molecule has 5 nitrogen and oxygen atoms in total. The summed E-state index contributed by atoms with van der Waals surface area (Å²) in [5.41, 5.74) is 1.95. The van der Waals surface area contributed by atoms with Gasteiger partial charge in [0.2, 0.25) is 0 Å². The summed E-state index contributed by atoms with van der Waals surface area (Å²) in [4.78, 5) is 19.0. The molecule has 0 radical (unpaired) electrons. The maximum absolute atomic E-state index is 12.0. The minimum absolute atomic E-state index is 0.252. The lowest BCUT2D eigenvalue weighted by atomic mass is 10.1. The summed E-state index contributed by atoms with van der Waals surface area (Å²) in [6.07, 6.45) is 1.66. The summed E-state index contributed by atoms with van der Waals surface area (Å²) in [7, 11) is -1.40. The molecule has 0 aliphatic rings. The number of nitrogens with zero attached hydrogens (tertiary/aromatic N) is 2. The molecule has 0 aliphatic carbocycles. The zero-order chi connectivity index (χ0) is 14.9. The van der Waals surface area contributed by atoms with Gasteiger partial charge < -0.3 is 4.98 Å². The molecule has 0 aromatic carbocycles. The Morgan fingerprint density at radius 1 is 1.40 bits per heavy atom. The molecule has 2 aromatic heterocycles. The Hall–Kier alpha value is -1.82. The van der Waals surface area contributed by atoms with Gasteiger partial charge in [0, 0.05) is 6.20 Å². The maximum Gasteiger partial charge on any atom is 0.257 e. The molecule has 0 bridgehead atoms. The van der Waals surface area contributed by atoms with Crippen molar-refractivity contribution in [2.45, 2.75) is 32.4 Å². The quantitative estimate of drug-likeness (QED) is 0.862. The highest BCUT2D eigenvalue weighted by atomic mass is 32.2. The van der Waals surface area contributed by atoms with Gasteiger partial charge in [-0.3, -0.25) is 9.78 Å². The van der Waals surface area contributed by atoms with E-state index in [0.717, 1.165) is 0 Å². The average molecular weight is 291 g/mol. The predicted octanol–water partition coefficient (Wildman–Crippen LogP) is 2.19. The van der Waals surface area contributed by atoms with Gasteiger partial charge in [-0.05, 0) is 45.9 Å². The molecule has 0 saturated carbocycles. The molecule has 0 amide bonds. The van der Waals surface area contributed by atoms with E-state index < -0.39 is 15.7 Å². The zero-order valence-corrected chi connectivity index (χ0v) is 12.7. The smallest absolute Gasteiger partial charge is 0.257 e. The van der Waals surface area contributed by atoms with Crippen LogP contribution in [0.15, 0.2) is 33.6 Å². The Labute approximate surface area is 119 Å². The van der Waals surface area contributed by atoms with Crippen molar-refractivity contribution >= 4 is 27.7 Å². The van der Waals surface area contributed by atoms with Gasteiger partial charge in [0.05, 0.1) is 27.1 Å². The molecule has 1 atom stereocenters. The number of H-pyrrole nitrogens is 1. The van der Waals surface area contributed by atoms with Crippen LogP contribution in [0.3, 0.4) is 0 Å². The number of aromatic amines is 1. The highest BCUT2D eigenvalue weighted by molar-refractivity contribution is 7.85. The van der Waals surface area contributed by atoms with E-state index in [1.807, 2.05) is 20.8 Å². The lowest BCUT2D eigenvalue weighted by Gasteiger charge is -2.14. The summed E-state index contributed by atoms with van der Waals surface area (Å²) in [5, 5.41) is 0. The molecule has 2 aromatic rings. The van der Waals surface area contributed by atoms with Crippen molar-refractivity contribution in [1.82, 2.24) is 9.97 Å². The fourth-order valence-corrected chi connectivity index (χ4v) is 2.23. The average Bonchev–Trinajstić information content (AvgIpc) is 2.36. The Morgan fingerprint density at radius 3 is 2.75 bits per heavy atom. The molecule has 106 valence electrons. The molecule has 0 fully saturated rings. The van der Waals surface area contributed by atoms with E-state index in [1.165, 1.54) is 0 Å². The van der Waals surface area contributed by atoms with Crippen LogP contribution in [-0.2, 0) is 11.0 Å². The topological polar surface area (TPSA) is 75.2 Å².